The summed E-state index contributed by atoms with van der Waals surface area (Å²) in [4.78, 5) is 0. The van der Waals surface area contributed by atoms with Crippen LogP contribution in [0, 0.1) is 0 Å². The fourth-order valence-corrected chi connectivity index (χ4v) is 2.27. The molecule has 1 saturated carbocycles. The quantitative estimate of drug-likeness (QED) is 0.615. The predicted molar refractivity (Wildman–Crippen MR) is 68.4 cm³/mol. The molecule has 0 aromatic heterocycles. The molecule has 0 bridgehead atoms. The van der Waals surface area contributed by atoms with Crippen LogP contribution in [0.4, 0.5) is 0 Å². The van der Waals surface area contributed by atoms with E-state index in [1.165, 1.54) is 25.7 Å². The van der Waals surface area contributed by atoms with Crippen molar-refractivity contribution < 1.29 is 14.8 Å². The number of benzene rings is 1. The molecule has 1 fully saturated rings. The Bertz CT molecular complexity index is 329. The third kappa shape index (κ3) is 3.75. The SMILES string of the molecule is OB(O)c1ccc(OC2CCCCCC2)cc1. The molecule has 1 aliphatic carbocycles. The third-order valence-electron chi connectivity index (χ3n) is 3.28. The maximum Gasteiger partial charge on any atom is 0.488 e. The summed E-state index contributed by atoms with van der Waals surface area (Å²) >= 11 is 0. The minimum Gasteiger partial charge on any atom is -0.490 e. The first-order valence-corrected chi connectivity index (χ1v) is 6.38. The maximum atomic E-state index is 8.99. The molecule has 17 heavy (non-hydrogen) atoms. The van der Waals surface area contributed by atoms with E-state index in [1.807, 2.05) is 0 Å². The summed E-state index contributed by atoms with van der Waals surface area (Å²) in [5.41, 5.74) is 0.498. The number of hydrogen-bond donors (Lipinski definition) is 2. The third-order valence-corrected chi connectivity index (χ3v) is 3.28. The zero-order valence-corrected chi connectivity index (χ0v) is 10.0. The second kappa shape index (κ2) is 6.08. The van der Waals surface area contributed by atoms with Crippen LogP contribution >= 0.6 is 0 Å². The van der Waals surface area contributed by atoms with Crippen LogP contribution in [0.3, 0.4) is 0 Å². The fourth-order valence-electron chi connectivity index (χ4n) is 2.27. The van der Waals surface area contributed by atoms with Crippen molar-refractivity contribution in [1.29, 1.82) is 0 Å². The highest BCUT2D eigenvalue weighted by molar-refractivity contribution is 6.58. The zero-order valence-electron chi connectivity index (χ0n) is 10.0. The Balaban J connectivity index is 1.93. The van der Waals surface area contributed by atoms with Crippen molar-refractivity contribution in [2.75, 3.05) is 0 Å². The lowest BCUT2D eigenvalue weighted by Gasteiger charge is -2.17. The van der Waals surface area contributed by atoms with Gasteiger partial charge in [-0.3, -0.25) is 0 Å². The van der Waals surface area contributed by atoms with E-state index in [0.29, 0.717) is 11.6 Å². The lowest BCUT2D eigenvalue weighted by atomic mass is 9.80. The zero-order chi connectivity index (χ0) is 12.1. The van der Waals surface area contributed by atoms with E-state index >= 15 is 0 Å². The van der Waals surface area contributed by atoms with E-state index in [-0.39, 0.29) is 0 Å². The van der Waals surface area contributed by atoms with Crippen molar-refractivity contribution in [3.05, 3.63) is 24.3 Å². The van der Waals surface area contributed by atoms with Gasteiger partial charge in [-0.1, -0.05) is 25.0 Å². The molecule has 2 N–H and O–H groups in total. The Hall–Kier alpha value is -0.995. The first-order chi connectivity index (χ1) is 8.25. The van der Waals surface area contributed by atoms with E-state index < -0.39 is 7.12 Å². The van der Waals surface area contributed by atoms with Crippen LogP contribution in [0.15, 0.2) is 24.3 Å². The molecular weight excluding hydrogens is 215 g/mol. The highest BCUT2D eigenvalue weighted by Gasteiger charge is 2.14. The van der Waals surface area contributed by atoms with Crippen LogP contribution in [0.1, 0.15) is 38.5 Å². The van der Waals surface area contributed by atoms with Crippen LogP contribution in [0.25, 0.3) is 0 Å². The standard InChI is InChI=1S/C13H19BO3/c15-14(16)11-7-9-13(10-8-11)17-12-5-3-1-2-4-6-12/h7-10,12,15-16H,1-6H2. The van der Waals surface area contributed by atoms with Gasteiger partial charge in [0.05, 0.1) is 6.10 Å². The summed E-state index contributed by atoms with van der Waals surface area (Å²) < 4.78 is 5.91. The van der Waals surface area contributed by atoms with E-state index in [2.05, 4.69) is 0 Å². The summed E-state index contributed by atoms with van der Waals surface area (Å²) in [7, 11) is -1.40. The van der Waals surface area contributed by atoms with E-state index in [4.69, 9.17) is 14.8 Å². The first-order valence-electron chi connectivity index (χ1n) is 6.38. The van der Waals surface area contributed by atoms with Crippen LogP contribution in [0.5, 0.6) is 5.75 Å². The fraction of sp³-hybridized carbons (Fsp3) is 0.538. The summed E-state index contributed by atoms with van der Waals surface area (Å²) in [5.74, 6) is 0.821. The van der Waals surface area contributed by atoms with Crippen molar-refractivity contribution in [3.8, 4) is 5.75 Å². The highest BCUT2D eigenvalue weighted by atomic mass is 16.5. The van der Waals surface area contributed by atoms with Gasteiger partial charge in [-0.05, 0) is 43.3 Å². The highest BCUT2D eigenvalue weighted by Crippen LogP contribution is 2.22. The normalized spacial score (nSPS) is 17.5. The number of rotatable bonds is 3. The molecule has 4 heteroatoms. The van der Waals surface area contributed by atoms with E-state index in [9.17, 15) is 0 Å². The maximum absolute atomic E-state index is 8.99. The number of ether oxygens (including phenoxy) is 1. The molecule has 2 rings (SSSR count). The Labute approximate surface area is 103 Å². The molecular formula is C13H19BO3. The Kier molecular flexibility index (Phi) is 4.46. The lowest BCUT2D eigenvalue weighted by Crippen LogP contribution is -2.29. The summed E-state index contributed by atoms with van der Waals surface area (Å²) in [6.45, 7) is 0. The van der Waals surface area contributed by atoms with Gasteiger partial charge in [-0.25, -0.2) is 0 Å². The van der Waals surface area contributed by atoms with Crippen molar-refractivity contribution in [1.82, 2.24) is 0 Å². The smallest absolute Gasteiger partial charge is 0.488 e. The average Bonchev–Trinajstić information content (AvgIpc) is 2.58. The van der Waals surface area contributed by atoms with Gasteiger partial charge in [-0.15, -0.1) is 0 Å². The molecule has 0 heterocycles. The molecule has 0 spiro atoms. The Morgan fingerprint density at radius 2 is 1.53 bits per heavy atom. The van der Waals surface area contributed by atoms with Gasteiger partial charge < -0.3 is 14.8 Å². The van der Waals surface area contributed by atoms with Gasteiger partial charge in [0, 0.05) is 0 Å². The van der Waals surface area contributed by atoms with E-state index in [1.54, 1.807) is 24.3 Å². The van der Waals surface area contributed by atoms with Crippen molar-refractivity contribution >= 4 is 12.6 Å². The molecule has 3 nitrogen and oxygen atoms in total. The average molecular weight is 234 g/mol. The summed E-state index contributed by atoms with van der Waals surface area (Å²) in [6, 6.07) is 6.99. The van der Waals surface area contributed by atoms with Gasteiger partial charge in [-0.2, -0.15) is 0 Å². The van der Waals surface area contributed by atoms with Crippen LogP contribution in [0.2, 0.25) is 0 Å². The Morgan fingerprint density at radius 1 is 0.941 bits per heavy atom. The molecule has 92 valence electrons. The topological polar surface area (TPSA) is 49.7 Å². The first kappa shape index (κ1) is 12.5. The van der Waals surface area contributed by atoms with Crippen LogP contribution in [-0.2, 0) is 0 Å². The summed E-state index contributed by atoms with van der Waals surface area (Å²) in [5, 5.41) is 18.0. The van der Waals surface area contributed by atoms with Gasteiger partial charge in [0.15, 0.2) is 0 Å². The monoisotopic (exact) mass is 234 g/mol. The minimum absolute atomic E-state index is 0.322. The second-order valence-corrected chi connectivity index (χ2v) is 4.67. The van der Waals surface area contributed by atoms with Crippen LogP contribution in [-0.4, -0.2) is 23.3 Å². The molecule has 0 amide bonds. The minimum atomic E-state index is -1.40. The molecule has 0 radical (unpaired) electrons. The van der Waals surface area contributed by atoms with Gasteiger partial charge in [0.25, 0.3) is 0 Å². The van der Waals surface area contributed by atoms with Gasteiger partial charge in [0.1, 0.15) is 5.75 Å². The van der Waals surface area contributed by atoms with Crippen molar-refractivity contribution in [2.45, 2.75) is 44.6 Å². The molecule has 1 aliphatic rings. The summed E-state index contributed by atoms with van der Waals surface area (Å²) in [6.07, 6.45) is 7.71. The molecule has 1 aromatic rings. The van der Waals surface area contributed by atoms with Crippen LogP contribution < -0.4 is 10.2 Å². The predicted octanol–water partition coefficient (Wildman–Crippen LogP) is 1.47. The molecule has 0 atom stereocenters. The molecule has 0 saturated heterocycles. The molecule has 0 aliphatic heterocycles. The second-order valence-electron chi connectivity index (χ2n) is 4.67. The lowest BCUT2D eigenvalue weighted by molar-refractivity contribution is 0.184. The molecule has 0 unspecified atom stereocenters. The largest absolute Gasteiger partial charge is 0.490 e. The Morgan fingerprint density at radius 3 is 2.06 bits per heavy atom. The van der Waals surface area contributed by atoms with Crippen molar-refractivity contribution in [3.63, 3.8) is 0 Å². The van der Waals surface area contributed by atoms with Gasteiger partial charge in [0.2, 0.25) is 0 Å². The van der Waals surface area contributed by atoms with E-state index in [0.717, 1.165) is 18.6 Å². The molecule has 1 aromatic carbocycles. The van der Waals surface area contributed by atoms with Crippen molar-refractivity contribution in [2.24, 2.45) is 0 Å². The number of hydrogen-bond acceptors (Lipinski definition) is 3. The van der Waals surface area contributed by atoms with Gasteiger partial charge >= 0.3 is 7.12 Å².